The van der Waals surface area contributed by atoms with Gasteiger partial charge in [0.2, 0.25) is 11.8 Å². The minimum absolute atomic E-state index is 0.277. The van der Waals surface area contributed by atoms with E-state index in [9.17, 15) is 14.4 Å². The Kier molecular flexibility index (Phi) is 2.62. The molecule has 1 aromatic rings. The Bertz CT molecular complexity index is 467. The van der Waals surface area contributed by atoms with Crippen LogP contribution in [0.2, 0.25) is 5.02 Å². The third-order valence-corrected chi connectivity index (χ3v) is 2.42. The highest BCUT2D eigenvalue weighted by Crippen LogP contribution is 2.26. The van der Waals surface area contributed by atoms with E-state index >= 15 is 0 Å². The third-order valence-electron chi connectivity index (χ3n) is 2.10. The van der Waals surface area contributed by atoms with Crippen LogP contribution in [-0.4, -0.2) is 17.8 Å². The quantitative estimate of drug-likeness (QED) is 0.751. The Morgan fingerprint density at radius 2 is 1.88 bits per heavy atom. The third kappa shape index (κ3) is 1.77. The van der Waals surface area contributed by atoms with Crippen molar-refractivity contribution < 1.29 is 14.4 Å². The zero-order valence-electron chi connectivity index (χ0n) is 8.07. The first-order valence-corrected chi connectivity index (χ1v) is 4.88. The molecule has 5 nitrogen and oxygen atoms in total. The molecule has 1 aliphatic rings. The van der Waals surface area contributed by atoms with Gasteiger partial charge in [-0.25, -0.2) is 9.69 Å². The van der Waals surface area contributed by atoms with Crippen LogP contribution < -0.4 is 10.2 Å². The van der Waals surface area contributed by atoms with E-state index in [0.717, 1.165) is 4.90 Å². The van der Waals surface area contributed by atoms with Crippen LogP contribution >= 0.6 is 11.6 Å². The number of imide groups is 2. The van der Waals surface area contributed by atoms with E-state index in [1.165, 1.54) is 6.07 Å². The maximum atomic E-state index is 11.6. The number of rotatable bonds is 1. The summed E-state index contributed by atoms with van der Waals surface area (Å²) in [6.45, 7) is 0. The van der Waals surface area contributed by atoms with Crippen molar-refractivity contribution >= 4 is 35.1 Å². The predicted molar refractivity (Wildman–Crippen MR) is 57.1 cm³/mol. The van der Waals surface area contributed by atoms with E-state index in [-0.39, 0.29) is 17.1 Å². The molecule has 0 saturated carbocycles. The van der Waals surface area contributed by atoms with Crippen LogP contribution in [0.4, 0.5) is 10.5 Å². The van der Waals surface area contributed by atoms with Crippen molar-refractivity contribution in [2.75, 3.05) is 4.90 Å². The molecule has 82 valence electrons. The lowest BCUT2D eigenvalue weighted by Crippen LogP contribution is -2.53. The largest absolute Gasteiger partial charge is 0.335 e. The minimum Gasteiger partial charge on any atom is -0.277 e. The zero-order valence-corrected chi connectivity index (χ0v) is 8.82. The molecule has 0 bridgehead atoms. The highest BCUT2D eigenvalue weighted by atomic mass is 35.5. The molecule has 0 spiro atoms. The second-order valence-electron chi connectivity index (χ2n) is 3.21. The van der Waals surface area contributed by atoms with Crippen molar-refractivity contribution in [1.82, 2.24) is 5.32 Å². The van der Waals surface area contributed by atoms with Gasteiger partial charge in [-0.2, -0.15) is 0 Å². The number of hydrogen-bond acceptors (Lipinski definition) is 3. The number of halogens is 1. The van der Waals surface area contributed by atoms with Gasteiger partial charge in [-0.3, -0.25) is 14.9 Å². The van der Waals surface area contributed by atoms with Gasteiger partial charge in [-0.1, -0.05) is 23.7 Å². The summed E-state index contributed by atoms with van der Waals surface area (Å²) < 4.78 is 0. The van der Waals surface area contributed by atoms with E-state index in [0.29, 0.717) is 0 Å². The minimum atomic E-state index is -0.769. The fourth-order valence-corrected chi connectivity index (χ4v) is 1.65. The molecular formula is C10H7ClN2O3. The van der Waals surface area contributed by atoms with Gasteiger partial charge < -0.3 is 0 Å². The fourth-order valence-electron chi connectivity index (χ4n) is 1.43. The van der Waals surface area contributed by atoms with Gasteiger partial charge in [0.25, 0.3) is 0 Å². The van der Waals surface area contributed by atoms with E-state index in [4.69, 9.17) is 11.6 Å². The number of urea groups is 1. The second kappa shape index (κ2) is 3.94. The highest BCUT2D eigenvalue weighted by Gasteiger charge is 2.32. The topological polar surface area (TPSA) is 66.5 Å². The number of carbonyl (C=O) groups is 3. The molecule has 1 N–H and O–H groups in total. The van der Waals surface area contributed by atoms with Crippen molar-refractivity contribution in [1.29, 1.82) is 0 Å². The molecule has 0 unspecified atom stereocenters. The van der Waals surface area contributed by atoms with E-state index < -0.39 is 17.8 Å². The molecule has 0 aromatic heterocycles. The zero-order chi connectivity index (χ0) is 11.7. The van der Waals surface area contributed by atoms with Gasteiger partial charge in [0.15, 0.2) is 0 Å². The molecule has 1 fully saturated rings. The number of barbiturate groups is 1. The Morgan fingerprint density at radius 1 is 1.19 bits per heavy atom. The summed E-state index contributed by atoms with van der Waals surface area (Å²) in [5.74, 6) is -1.18. The van der Waals surface area contributed by atoms with Crippen molar-refractivity contribution in [2.45, 2.75) is 6.42 Å². The Morgan fingerprint density at radius 3 is 2.50 bits per heavy atom. The number of hydrogen-bond donors (Lipinski definition) is 1. The summed E-state index contributed by atoms with van der Waals surface area (Å²) in [7, 11) is 0. The normalized spacial score (nSPS) is 16.3. The van der Waals surface area contributed by atoms with Crippen LogP contribution in [-0.2, 0) is 9.59 Å². The van der Waals surface area contributed by atoms with Crippen molar-refractivity contribution in [2.24, 2.45) is 0 Å². The standard InChI is InChI=1S/C10H7ClN2O3/c11-6-3-1-2-4-7(6)13-9(15)5-8(14)12-10(13)16/h1-4H,5H2,(H,12,14,16). The van der Waals surface area contributed by atoms with Crippen LogP contribution in [0.25, 0.3) is 0 Å². The molecule has 1 heterocycles. The molecule has 6 heteroatoms. The van der Waals surface area contributed by atoms with E-state index in [2.05, 4.69) is 5.32 Å². The SMILES string of the molecule is O=C1CC(=O)N(c2ccccc2Cl)C(=O)N1. The number of anilines is 1. The Hall–Kier alpha value is -1.88. The fraction of sp³-hybridized carbons (Fsp3) is 0.100. The van der Waals surface area contributed by atoms with Crippen LogP contribution in [0, 0.1) is 0 Å². The van der Waals surface area contributed by atoms with Crippen molar-refractivity contribution in [3.63, 3.8) is 0 Å². The lowest BCUT2D eigenvalue weighted by atomic mass is 10.2. The summed E-state index contributed by atoms with van der Waals surface area (Å²) in [4.78, 5) is 34.8. The summed E-state index contributed by atoms with van der Waals surface area (Å²) in [6, 6.07) is 5.67. The Labute approximate surface area is 96.0 Å². The molecule has 16 heavy (non-hydrogen) atoms. The summed E-state index contributed by atoms with van der Waals surface area (Å²) in [5, 5.41) is 2.33. The van der Waals surface area contributed by atoms with Gasteiger partial charge in [0.05, 0.1) is 10.7 Å². The molecule has 0 aliphatic carbocycles. The second-order valence-corrected chi connectivity index (χ2v) is 3.62. The van der Waals surface area contributed by atoms with Gasteiger partial charge in [-0.15, -0.1) is 0 Å². The number of nitrogens with one attached hydrogen (secondary N) is 1. The summed E-state index contributed by atoms with van der Waals surface area (Å²) in [6.07, 6.45) is -0.350. The number of carbonyl (C=O) groups excluding carboxylic acids is 3. The summed E-state index contributed by atoms with van der Waals surface area (Å²) >= 11 is 5.87. The first kappa shape index (κ1) is 10.6. The molecule has 2 rings (SSSR count). The smallest absolute Gasteiger partial charge is 0.277 e. The molecule has 1 aromatic carbocycles. The number of benzene rings is 1. The number of para-hydroxylation sites is 1. The first-order chi connectivity index (χ1) is 7.59. The van der Waals surface area contributed by atoms with Gasteiger partial charge >= 0.3 is 6.03 Å². The molecule has 0 atom stereocenters. The van der Waals surface area contributed by atoms with Crippen LogP contribution in [0.5, 0.6) is 0 Å². The highest BCUT2D eigenvalue weighted by molar-refractivity contribution is 6.36. The van der Waals surface area contributed by atoms with Crippen molar-refractivity contribution in [3.8, 4) is 0 Å². The molecule has 1 aliphatic heterocycles. The van der Waals surface area contributed by atoms with Crippen molar-refractivity contribution in [3.05, 3.63) is 29.3 Å². The average molecular weight is 239 g/mol. The lowest BCUT2D eigenvalue weighted by molar-refractivity contribution is -0.128. The molecule has 0 radical (unpaired) electrons. The van der Waals surface area contributed by atoms with Gasteiger partial charge in [-0.05, 0) is 12.1 Å². The first-order valence-electron chi connectivity index (χ1n) is 4.51. The van der Waals surface area contributed by atoms with Crippen LogP contribution in [0.15, 0.2) is 24.3 Å². The van der Waals surface area contributed by atoms with E-state index in [1.807, 2.05) is 0 Å². The van der Waals surface area contributed by atoms with Crippen LogP contribution in [0.1, 0.15) is 6.42 Å². The maximum absolute atomic E-state index is 11.6. The average Bonchev–Trinajstić information content (AvgIpc) is 2.19. The summed E-state index contributed by atoms with van der Waals surface area (Å²) in [5.41, 5.74) is 0.277. The lowest BCUT2D eigenvalue weighted by Gasteiger charge is -2.25. The predicted octanol–water partition coefficient (Wildman–Crippen LogP) is 1.31. The maximum Gasteiger partial charge on any atom is 0.335 e. The molecule has 1 saturated heterocycles. The Balaban J connectivity index is 2.41. The number of nitrogens with zero attached hydrogens (tertiary/aromatic N) is 1. The van der Waals surface area contributed by atoms with Crippen LogP contribution in [0.3, 0.4) is 0 Å². The van der Waals surface area contributed by atoms with Gasteiger partial charge in [0.1, 0.15) is 6.42 Å². The van der Waals surface area contributed by atoms with Gasteiger partial charge in [0, 0.05) is 0 Å². The van der Waals surface area contributed by atoms with E-state index in [1.54, 1.807) is 18.2 Å². The molecular weight excluding hydrogens is 232 g/mol. The monoisotopic (exact) mass is 238 g/mol. The molecule has 4 amide bonds. The number of amides is 4.